The fourth-order valence-electron chi connectivity index (χ4n) is 2.55. The van der Waals surface area contributed by atoms with Crippen LogP contribution < -0.4 is 11.1 Å². The third-order valence-electron chi connectivity index (χ3n) is 3.93. The van der Waals surface area contributed by atoms with E-state index < -0.39 is 18.1 Å². The van der Waals surface area contributed by atoms with Crippen molar-refractivity contribution in [1.29, 1.82) is 0 Å². The van der Waals surface area contributed by atoms with Gasteiger partial charge in [-0.05, 0) is 18.3 Å². The minimum Gasteiger partial charge on any atom is -0.480 e. The average Bonchev–Trinajstić information content (AvgIpc) is 2.37. The second-order valence-electron chi connectivity index (χ2n) is 5.91. The number of hydrogen-bond acceptors (Lipinski definition) is 3. The lowest BCUT2D eigenvalue weighted by molar-refractivity contribution is -0.142. The molecule has 5 heteroatoms. The summed E-state index contributed by atoms with van der Waals surface area (Å²) in [5, 5.41) is 11.8. The van der Waals surface area contributed by atoms with Gasteiger partial charge in [-0.1, -0.05) is 46.0 Å². The van der Waals surface area contributed by atoms with Crippen LogP contribution >= 0.6 is 0 Å². The van der Waals surface area contributed by atoms with Crippen molar-refractivity contribution in [3.63, 3.8) is 0 Å². The molecule has 2 atom stereocenters. The molecule has 4 N–H and O–H groups in total. The molecule has 0 saturated heterocycles. The molecule has 0 aromatic carbocycles. The monoisotopic (exact) mass is 270 g/mol. The highest BCUT2D eigenvalue weighted by atomic mass is 16.4. The summed E-state index contributed by atoms with van der Waals surface area (Å²) in [6.07, 6.45) is 6.21. The number of carbonyl (C=O) groups excluding carboxylic acids is 1. The van der Waals surface area contributed by atoms with Gasteiger partial charge in [-0.15, -0.1) is 0 Å². The molecule has 2 unspecified atom stereocenters. The van der Waals surface area contributed by atoms with E-state index in [1.54, 1.807) is 0 Å². The Morgan fingerprint density at radius 3 is 2.32 bits per heavy atom. The van der Waals surface area contributed by atoms with E-state index in [9.17, 15) is 14.7 Å². The normalized spacial score (nSPS) is 20.0. The van der Waals surface area contributed by atoms with Crippen molar-refractivity contribution in [1.82, 2.24) is 5.32 Å². The van der Waals surface area contributed by atoms with Crippen molar-refractivity contribution in [3.8, 4) is 0 Å². The first kappa shape index (κ1) is 16.0. The van der Waals surface area contributed by atoms with E-state index in [0.717, 1.165) is 25.7 Å². The number of nitrogens with one attached hydrogen (secondary N) is 1. The fraction of sp³-hybridized carbons (Fsp3) is 0.857. The Morgan fingerprint density at radius 1 is 1.26 bits per heavy atom. The quantitative estimate of drug-likeness (QED) is 0.682. The number of rotatable bonds is 6. The molecule has 110 valence electrons. The Morgan fingerprint density at radius 2 is 1.84 bits per heavy atom. The largest absolute Gasteiger partial charge is 0.480 e. The molecule has 1 fully saturated rings. The molecule has 0 bridgehead atoms. The van der Waals surface area contributed by atoms with Gasteiger partial charge in [0.25, 0.3) is 0 Å². The molecule has 1 aliphatic carbocycles. The van der Waals surface area contributed by atoms with Crippen LogP contribution in [0.25, 0.3) is 0 Å². The molecule has 1 amide bonds. The van der Waals surface area contributed by atoms with Crippen molar-refractivity contribution in [2.45, 2.75) is 64.5 Å². The maximum absolute atomic E-state index is 11.8. The van der Waals surface area contributed by atoms with E-state index in [0.29, 0.717) is 12.3 Å². The van der Waals surface area contributed by atoms with Crippen LogP contribution in [-0.4, -0.2) is 29.1 Å². The van der Waals surface area contributed by atoms with Gasteiger partial charge < -0.3 is 16.2 Å². The van der Waals surface area contributed by atoms with Gasteiger partial charge in [0.2, 0.25) is 5.91 Å². The average molecular weight is 270 g/mol. The minimum absolute atomic E-state index is 0.00382. The first-order valence-electron chi connectivity index (χ1n) is 7.20. The number of nitrogens with two attached hydrogens (primary N) is 1. The summed E-state index contributed by atoms with van der Waals surface area (Å²) >= 11 is 0. The summed E-state index contributed by atoms with van der Waals surface area (Å²) in [5.74, 6) is -0.914. The molecule has 0 heterocycles. The number of amides is 1. The number of hydrogen-bond donors (Lipinski definition) is 3. The van der Waals surface area contributed by atoms with E-state index in [4.69, 9.17) is 5.73 Å². The molecule has 0 radical (unpaired) electrons. The van der Waals surface area contributed by atoms with Crippen LogP contribution in [0.5, 0.6) is 0 Å². The third-order valence-corrected chi connectivity index (χ3v) is 3.93. The summed E-state index contributed by atoms with van der Waals surface area (Å²) in [4.78, 5) is 23.1. The van der Waals surface area contributed by atoms with Crippen LogP contribution in [0.1, 0.15) is 52.4 Å². The molecule has 0 aromatic heterocycles. The Kier molecular flexibility index (Phi) is 6.28. The zero-order chi connectivity index (χ0) is 14.4. The van der Waals surface area contributed by atoms with E-state index in [-0.39, 0.29) is 11.8 Å². The van der Waals surface area contributed by atoms with E-state index in [1.165, 1.54) is 6.42 Å². The predicted octanol–water partition coefficient (Wildman–Crippen LogP) is 1.51. The highest BCUT2D eigenvalue weighted by Gasteiger charge is 2.27. The highest BCUT2D eigenvalue weighted by Crippen LogP contribution is 2.27. The SMILES string of the molecule is CC(C)C(N)C(=O)NC(CC1CCCCC1)C(=O)O. The maximum atomic E-state index is 11.8. The third kappa shape index (κ3) is 5.19. The lowest BCUT2D eigenvalue weighted by atomic mass is 9.84. The highest BCUT2D eigenvalue weighted by molar-refractivity contribution is 5.86. The van der Waals surface area contributed by atoms with Crippen LogP contribution in [0.15, 0.2) is 0 Å². The molecule has 1 aliphatic rings. The molecule has 0 aliphatic heterocycles. The lowest BCUT2D eigenvalue weighted by Gasteiger charge is -2.26. The summed E-state index contributed by atoms with van der Waals surface area (Å²) in [6.45, 7) is 3.70. The minimum atomic E-state index is -0.963. The van der Waals surface area contributed by atoms with E-state index in [1.807, 2.05) is 13.8 Å². The van der Waals surface area contributed by atoms with Gasteiger partial charge in [0.15, 0.2) is 0 Å². The molecule has 0 aromatic rings. The molecular formula is C14H26N2O3. The molecule has 1 saturated carbocycles. The van der Waals surface area contributed by atoms with Gasteiger partial charge in [-0.2, -0.15) is 0 Å². The number of carbonyl (C=O) groups is 2. The fourth-order valence-corrected chi connectivity index (χ4v) is 2.55. The Labute approximate surface area is 114 Å². The van der Waals surface area contributed by atoms with Crippen molar-refractivity contribution in [2.24, 2.45) is 17.6 Å². The molecule has 1 rings (SSSR count). The summed E-state index contributed by atoms with van der Waals surface area (Å²) in [7, 11) is 0. The summed E-state index contributed by atoms with van der Waals surface area (Å²) in [5.41, 5.74) is 5.74. The standard InChI is InChI=1S/C14H26N2O3/c1-9(2)12(15)13(17)16-11(14(18)19)8-10-6-4-3-5-7-10/h9-12H,3-8,15H2,1-2H3,(H,16,17)(H,18,19). The molecular weight excluding hydrogens is 244 g/mol. The van der Waals surface area contributed by atoms with E-state index >= 15 is 0 Å². The van der Waals surface area contributed by atoms with Gasteiger partial charge in [-0.25, -0.2) is 4.79 Å². The first-order valence-corrected chi connectivity index (χ1v) is 7.20. The maximum Gasteiger partial charge on any atom is 0.326 e. The summed E-state index contributed by atoms with van der Waals surface area (Å²) in [6, 6.07) is -1.45. The number of carboxylic acids is 1. The van der Waals surface area contributed by atoms with Crippen molar-refractivity contribution < 1.29 is 14.7 Å². The predicted molar refractivity (Wildman–Crippen MR) is 73.6 cm³/mol. The number of carboxylic acid groups (broad SMARTS) is 1. The summed E-state index contributed by atoms with van der Waals surface area (Å²) < 4.78 is 0. The van der Waals surface area contributed by atoms with Crippen molar-refractivity contribution in [2.75, 3.05) is 0 Å². The topological polar surface area (TPSA) is 92.4 Å². The number of aliphatic carboxylic acids is 1. The van der Waals surface area contributed by atoms with Gasteiger partial charge >= 0.3 is 5.97 Å². The first-order chi connectivity index (χ1) is 8.91. The Bertz CT molecular complexity index is 312. The Balaban J connectivity index is 2.52. The van der Waals surface area contributed by atoms with Gasteiger partial charge in [-0.3, -0.25) is 4.79 Å². The molecule has 19 heavy (non-hydrogen) atoms. The van der Waals surface area contributed by atoms with Crippen molar-refractivity contribution >= 4 is 11.9 Å². The van der Waals surface area contributed by atoms with Gasteiger partial charge in [0.05, 0.1) is 6.04 Å². The van der Waals surface area contributed by atoms with Crippen LogP contribution in [0.2, 0.25) is 0 Å². The van der Waals surface area contributed by atoms with Crippen LogP contribution in [0, 0.1) is 11.8 Å². The zero-order valence-electron chi connectivity index (χ0n) is 11.9. The second kappa shape index (κ2) is 7.48. The van der Waals surface area contributed by atoms with Gasteiger partial charge in [0.1, 0.15) is 6.04 Å². The van der Waals surface area contributed by atoms with Crippen LogP contribution in [0.3, 0.4) is 0 Å². The molecule has 0 spiro atoms. The lowest BCUT2D eigenvalue weighted by Crippen LogP contribution is -2.50. The zero-order valence-corrected chi connectivity index (χ0v) is 11.9. The smallest absolute Gasteiger partial charge is 0.326 e. The van der Waals surface area contributed by atoms with Crippen molar-refractivity contribution in [3.05, 3.63) is 0 Å². The van der Waals surface area contributed by atoms with Crippen LogP contribution in [-0.2, 0) is 9.59 Å². The second-order valence-corrected chi connectivity index (χ2v) is 5.91. The van der Waals surface area contributed by atoms with Crippen LogP contribution in [0.4, 0.5) is 0 Å². The van der Waals surface area contributed by atoms with E-state index in [2.05, 4.69) is 5.32 Å². The Hall–Kier alpha value is -1.10. The van der Waals surface area contributed by atoms with Gasteiger partial charge in [0, 0.05) is 0 Å². The molecule has 5 nitrogen and oxygen atoms in total.